The van der Waals surface area contributed by atoms with Crippen LogP contribution < -0.4 is 10.1 Å². The number of phenols is 1. The molecule has 2 N–H and O–H groups in total. The second-order valence-corrected chi connectivity index (χ2v) is 7.06. The Balaban J connectivity index is 2.66. The van der Waals surface area contributed by atoms with E-state index in [1.54, 1.807) is 7.11 Å². The minimum Gasteiger partial charge on any atom is -0.503 e. The highest BCUT2D eigenvalue weighted by Gasteiger charge is 2.15. The number of rotatable bonds is 6. The van der Waals surface area contributed by atoms with E-state index in [2.05, 4.69) is 41.3 Å². The number of hydrogen-bond donors (Lipinski definition) is 2. The van der Waals surface area contributed by atoms with Gasteiger partial charge in [0.1, 0.15) is 0 Å². The number of hydrogen-bond acceptors (Lipinski definition) is 4. The first kappa shape index (κ1) is 15.7. The van der Waals surface area contributed by atoms with Crippen molar-refractivity contribution in [3.8, 4) is 11.5 Å². The van der Waals surface area contributed by atoms with Crippen LogP contribution in [0.2, 0.25) is 0 Å². The summed E-state index contributed by atoms with van der Waals surface area (Å²) in [6.45, 7) is 6.09. The van der Waals surface area contributed by atoms with Gasteiger partial charge in [0.2, 0.25) is 0 Å². The Morgan fingerprint density at radius 2 is 2.11 bits per heavy atom. The summed E-state index contributed by atoms with van der Waals surface area (Å²) >= 11 is 5.16. The molecule has 0 aliphatic heterocycles. The zero-order valence-electron chi connectivity index (χ0n) is 11.2. The van der Waals surface area contributed by atoms with Gasteiger partial charge in [-0.3, -0.25) is 0 Å². The predicted octanol–water partition coefficient (Wildman–Crippen LogP) is 3.39. The van der Waals surface area contributed by atoms with E-state index in [4.69, 9.17) is 4.74 Å². The van der Waals surface area contributed by atoms with Crippen molar-refractivity contribution in [3.05, 3.63) is 22.2 Å². The van der Waals surface area contributed by atoms with Crippen LogP contribution in [-0.4, -0.2) is 29.8 Å². The number of benzene rings is 1. The monoisotopic (exact) mass is 333 g/mol. The molecule has 5 heteroatoms. The van der Waals surface area contributed by atoms with Crippen molar-refractivity contribution in [2.75, 3.05) is 19.9 Å². The van der Waals surface area contributed by atoms with Gasteiger partial charge in [-0.15, -0.1) is 0 Å². The van der Waals surface area contributed by atoms with Crippen molar-refractivity contribution >= 4 is 27.7 Å². The quantitative estimate of drug-likeness (QED) is 0.837. The van der Waals surface area contributed by atoms with Crippen molar-refractivity contribution in [1.29, 1.82) is 0 Å². The molecule has 102 valence electrons. The molecule has 0 unspecified atom stereocenters. The minimum atomic E-state index is 0.144. The first-order chi connectivity index (χ1) is 8.39. The maximum Gasteiger partial charge on any atom is 0.172 e. The summed E-state index contributed by atoms with van der Waals surface area (Å²) in [5.41, 5.74) is 1.08. The molecule has 1 rings (SSSR count). The highest BCUT2D eigenvalue weighted by molar-refractivity contribution is 9.10. The maximum absolute atomic E-state index is 9.72. The lowest BCUT2D eigenvalue weighted by Crippen LogP contribution is -2.31. The summed E-state index contributed by atoms with van der Waals surface area (Å²) in [4.78, 5) is 0. The van der Waals surface area contributed by atoms with Gasteiger partial charge in [0.25, 0.3) is 0 Å². The molecule has 0 aliphatic rings. The van der Waals surface area contributed by atoms with E-state index in [-0.39, 0.29) is 10.5 Å². The third-order valence-corrected chi connectivity index (χ3v) is 4.59. The van der Waals surface area contributed by atoms with E-state index < -0.39 is 0 Å². The molecule has 18 heavy (non-hydrogen) atoms. The predicted molar refractivity (Wildman–Crippen MR) is 81.7 cm³/mol. The van der Waals surface area contributed by atoms with Crippen LogP contribution in [-0.2, 0) is 6.54 Å². The van der Waals surface area contributed by atoms with Gasteiger partial charge in [0.15, 0.2) is 11.5 Å². The molecule has 3 nitrogen and oxygen atoms in total. The molecule has 1 aromatic rings. The van der Waals surface area contributed by atoms with Gasteiger partial charge in [-0.05, 0) is 53.7 Å². The summed E-state index contributed by atoms with van der Waals surface area (Å²) in [6, 6.07) is 3.75. The molecule has 0 saturated carbocycles. The molecule has 0 atom stereocenters. The number of aromatic hydroxyl groups is 1. The molecule has 0 amide bonds. The van der Waals surface area contributed by atoms with Gasteiger partial charge in [-0.2, -0.15) is 11.8 Å². The molecule has 0 heterocycles. The van der Waals surface area contributed by atoms with Crippen LogP contribution in [0.25, 0.3) is 0 Å². The van der Waals surface area contributed by atoms with E-state index in [1.165, 1.54) is 0 Å². The lowest BCUT2D eigenvalue weighted by molar-refractivity contribution is 0.371. The Morgan fingerprint density at radius 1 is 1.44 bits per heavy atom. The number of nitrogens with one attached hydrogen (secondary N) is 1. The second kappa shape index (κ2) is 6.68. The summed E-state index contributed by atoms with van der Waals surface area (Å²) in [5.74, 6) is 0.635. The molecule has 1 aromatic carbocycles. The lowest BCUT2D eigenvalue weighted by atomic mass is 10.1. The first-order valence-electron chi connectivity index (χ1n) is 5.71. The Kier molecular flexibility index (Phi) is 5.82. The van der Waals surface area contributed by atoms with Crippen LogP contribution in [0.3, 0.4) is 0 Å². The Morgan fingerprint density at radius 3 is 2.67 bits per heavy atom. The summed E-state index contributed by atoms with van der Waals surface area (Å²) in [7, 11) is 1.55. The van der Waals surface area contributed by atoms with Crippen LogP contribution in [0.15, 0.2) is 16.6 Å². The molecule has 0 fully saturated rings. The average molecular weight is 334 g/mol. The molecule has 0 aliphatic carbocycles. The van der Waals surface area contributed by atoms with Crippen molar-refractivity contribution < 1.29 is 9.84 Å². The second-order valence-electron chi connectivity index (χ2n) is 4.70. The molecular weight excluding hydrogens is 314 g/mol. The van der Waals surface area contributed by atoms with E-state index in [9.17, 15) is 5.11 Å². The summed E-state index contributed by atoms with van der Waals surface area (Å²) in [6.07, 6.45) is 2.11. The maximum atomic E-state index is 9.72. The van der Waals surface area contributed by atoms with E-state index in [0.29, 0.717) is 10.2 Å². The highest BCUT2D eigenvalue weighted by Crippen LogP contribution is 2.35. The molecule has 0 saturated heterocycles. The molecule has 0 bridgehead atoms. The van der Waals surface area contributed by atoms with E-state index in [1.807, 2.05) is 23.9 Å². The van der Waals surface area contributed by atoms with Crippen LogP contribution in [0, 0.1) is 0 Å². The summed E-state index contributed by atoms with van der Waals surface area (Å²) in [5, 5.41) is 13.1. The fraction of sp³-hybridized carbons (Fsp3) is 0.538. The van der Waals surface area contributed by atoms with Crippen LogP contribution >= 0.6 is 27.7 Å². The number of methoxy groups -OCH3 is 1. The zero-order valence-corrected chi connectivity index (χ0v) is 13.6. The minimum absolute atomic E-state index is 0.144. The van der Waals surface area contributed by atoms with Crippen molar-refractivity contribution in [2.24, 2.45) is 0 Å². The lowest BCUT2D eigenvalue weighted by Gasteiger charge is -2.22. The van der Waals surface area contributed by atoms with Gasteiger partial charge in [-0.1, -0.05) is 0 Å². The Bertz CT molecular complexity index is 410. The van der Waals surface area contributed by atoms with E-state index >= 15 is 0 Å². The third-order valence-electron chi connectivity index (χ3n) is 2.74. The number of ether oxygens (including phenoxy) is 1. The standard InChI is InChI=1S/C13H20BrNO2S/c1-13(2,18-4)8-15-7-9-5-10(14)12(16)11(6-9)17-3/h5-6,15-16H,7-8H2,1-4H3. The Labute approximate surface area is 121 Å². The van der Waals surface area contributed by atoms with Gasteiger partial charge >= 0.3 is 0 Å². The molecule has 0 radical (unpaired) electrons. The topological polar surface area (TPSA) is 41.5 Å². The number of thioether (sulfide) groups is 1. The van der Waals surface area contributed by atoms with Gasteiger partial charge in [0.05, 0.1) is 11.6 Å². The highest BCUT2D eigenvalue weighted by atomic mass is 79.9. The number of halogens is 1. The zero-order chi connectivity index (χ0) is 13.8. The van der Waals surface area contributed by atoms with Crippen molar-refractivity contribution in [1.82, 2.24) is 5.32 Å². The van der Waals surface area contributed by atoms with E-state index in [0.717, 1.165) is 18.7 Å². The van der Waals surface area contributed by atoms with Crippen molar-refractivity contribution in [3.63, 3.8) is 0 Å². The molecule has 0 aromatic heterocycles. The number of phenolic OH excluding ortho intramolecular Hbond substituents is 1. The fourth-order valence-corrected chi connectivity index (χ4v) is 2.20. The molecular formula is C13H20BrNO2S. The fourth-order valence-electron chi connectivity index (χ4n) is 1.46. The van der Waals surface area contributed by atoms with Gasteiger partial charge in [-0.25, -0.2) is 0 Å². The Hall–Kier alpha value is -0.390. The van der Waals surface area contributed by atoms with Crippen LogP contribution in [0.4, 0.5) is 0 Å². The van der Waals surface area contributed by atoms with Gasteiger partial charge < -0.3 is 15.2 Å². The SMILES string of the molecule is COc1cc(CNCC(C)(C)SC)cc(Br)c1O. The normalized spacial score (nSPS) is 11.6. The largest absolute Gasteiger partial charge is 0.503 e. The average Bonchev–Trinajstić information content (AvgIpc) is 2.33. The van der Waals surface area contributed by atoms with Crippen LogP contribution in [0.1, 0.15) is 19.4 Å². The van der Waals surface area contributed by atoms with Crippen molar-refractivity contribution in [2.45, 2.75) is 25.1 Å². The van der Waals surface area contributed by atoms with Gasteiger partial charge in [0, 0.05) is 17.8 Å². The van der Waals surface area contributed by atoms with Crippen LogP contribution in [0.5, 0.6) is 11.5 Å². The first-order valence-corrected chi connectivity index (χ1v) is 7.72. The smallest absolute Gasteiger partial charge is 0.172 e. The molecule has 0 spiro atoms. The summed E-state index contributed by atoms with van der Waals surface area (Å²) < 4.78 is 6.00. The third kappa shape index (κ3) is 4.37.